The number of carbonyl (C=O) groups excluding carboxylic acids is 3. The number of hydrogen-bond acceptors (Lipinski definition) is 5. The lowest BCUT2D eigenvalue weighted by Gasteiger charge is -2.37. The van der Waals surface area contributed by atoms with E-state index in [1.54, 1.807) is 22.9 Å². The summed E-state index contributed by atoms with van der Waals surface area (Å²) in [4.78, 5) is 53.7. The monoisotopic (exact) mass is 572 g/mol. The second-order valence-corrected chi connectivity index (χ2v) is 12.0. The van der Waals surface area contributed by atoms with E-state index >= 15 is 0 Å². The highest BCUT2D eigenvalue weighted by atomic mass is 16.2. The first kappa shape index (κ1) is 29.7. The molecule has 1 saturated heterocycles. The average Bonchev–Trinajstić information content (AvgIpc) is 3.69. The van der Waals surface area contributed by atoms with Crippen LogP contribution in [0, 0.1) is 11.8 Å². The molecule has 9 nitrogen and oxygen atoms in total. The molecule has 1 aliphatic carbocycles. The zero-order chi connectivity index (χ0) is 29.5. The van der Waals surface area contributed by atoms with E-state index in [1.165, 1.54) is 6.42 Å². The molecule has 0 unspecified atom stereocenters. The maximum atomic E-state index is 14.2. The molecule has 0 bridgehead atoms. The summed E-state index contributed by atoms with van der Waals surface area (Å²) in [7, 11) is 0. The van der Waals surface area contributed by atoms with Gasteiger partial charge in [-0.15, -0.1) is 0 Å². The van der Waals surface area contributed by atoms with Crippen LogP contribution in [0.4, 0.5) is 0 Å². The van der Waals surface area contributed by atoms with Gasteiger partial charge in [-0.2, -0.15) is 0 Å². The van der Waals surface area contributed by atoms with Crippen LogP contribution in [0.25, 0.3) is 5.78 Å². The summed E-state index contributed by atoms with van der Waals surface area (Å²) in [6.45, 7) is 5.50. The number of aromatic nitrogens is 3. The number of carbonyl (C=O) groups is 3. The van der Waals surface area contributed by atoms with E-state index in [2.05, 4.69) is 27.4 Å². The van der Waals surface area contributed by atoms with E-state index in [0.717, 1.165) is 50.5 Å². The third kappa shape index (κ3) is 6.99. The molecule has 2 aliphatic rings. The van der Waals surface area contributed by atoms with Gasteiger partial charge in [-0.05, 0) is 56.1 Å². The van der Waals surface area contributed by atoms with Crippen molar-refractivity contribution < 1.29 is 14.4 Å². The normalized spacial score (nSPS) is 19.0. The smallest absolute Gasteiger partial charge is 0.274 e. The maximum Gasteiger partial charge on any atom is 0.274 e. The number of fused-ring (bicyclic) bond motifs is 1. The highest BCUT2D eigenvalue weighted by Gasteiger charge is 2.39. The van der Waals surface area contributed by atoms with Crippen LogP contribution >= 0.6 is 0 Å². The molecule has 0 radical (unpaired) electrons. The van der Waals surface area contributed by atoms with Crippen LogP contribution in [-0.2, 0) is 16.0 Å². The molecule has 1 aliphatic heterocycles. The molecule has 3 amide bonds. The molecule has 1 aromatic carbocycles. The van der Waals surface area contributed by atoms with Crippen molar-refractivity contribution in [2.24, 2.45) is 11.8 Å². The maximum absolute atomic E-state index is 14.2. The molecule has 1 N–H and O–H groups in total. The van der Waals surface area contributed by atoms with Gasteiger partial charge in [0.25, 0.3) is 5.91 Å². The highest BCUT2D eigenvalue weighted by molar-refractivity contribution is 5.93. The van der Waals surface area contributed by atoms with Gasteiger partial charge in [0, 0.05) is 50.2 Å². The number of nitrogens with zero attached hydrogens (tertiary/aromatic N) is 5. The molecule has 42 heavy (non-hydrogen) atoms. The van der Waals surface area contributed by atoms with Crippen molar-refractivity contribution in [1.82, 2.24) is 29.5 Å². The number of imidazole rings is 1. The van der Waals surface area contributed by atoms with Crippen LogP contribution in [0.3, 0.4) is 0 Å². The lowest BCUT2D eigenvalue weighted by molar-refractivity contribution is -0.140. The van der Waals surface area contributed by atoms with Crippen molar-refractivity contribution in [3.63, 3.8) is 0 Å². The predicted octanol–water partition coefficient (Wildman–Crippen LogP) is 4.52. The van der Waals surface area contributed by atoms with Gasteiger partial charge >= 0.3 is 0 Å². The third-order valence-electron chi connectivity index (χ3n) is 9.09. The molecule has 1 saturated carbocycles. The number of rotatable bonds is 11. The van der Waals surface area contributed by atoms with Crippen molar-refractivity contribution >= 4 is 23.5 Å². The summed E-state index contributed by atoms with van der Waals surface area (Å²) in [6.07, 6.45) is 13.6. The molecule has 5 rings (SSSR count). The van der Waals surface area contributed by atoms with Crippen molar-refractivity contribution in [2.75, 3.05) is 19.6 Å². The van der Waals surface area contributed by atoms with Crippen molar-refractivity contribution in [2.45, 2.75) is 83.7 Å². The highest BCUT2D eigenvalue weighted by Crippen LogP contribution is 2.30. The first-order chi connectivity index (χ1) is 20.4. The zero-order valence-electron chi connectivity index (χ0n) is 25.0. The average molecular weight is 573 g/mol. The van der Waals surface area contributed by atoms with Gasteiger partial charge in [-0.1, -0.05) is 63.4 Å². The van der Waals surface area contributed by atoms with Crippen LogP contribution in [0.2, 0.25) is 0 Å². The van der Waals surface area contributed by atoms with Crippen LogP contribution < -0.4 is 5.32 Å². The van der Waals surface area contributed by atoms with E-state index in [0.29, 0.717) is 37.5 Å². The molecule has 9 heteroatoms. The quantitative estimate of drug-likeness (QED) is 0.364. The number of amides is 3. The Morgan fingerprint density at radius 3 is 2.57 bits per heavy atom. The van der Waals surface area contributed by atoms with E-state index in [4.69, 9.17) is 0 Å². The SMILES string of the molecule is CC[C@@H](C)C(=O)N[C@H](C(=O)N1CCC[C@H]1CN(CCc1ccccc1)C(=O)c1cn2cccnc2n1)C1CCCCC1. The van der Waals surface area contributed by atoms with E-state index < -0.39 is 6.04 Å². The number of benzene rings is 1. The Balaban J connectivity index is 1.36. The Morgan fingerprint density at radius 2 is 1.83 bits per heavy atom. The summed E-state index contributed by atoms with van der Waals surface area (Å²) in [5.41, 5.74) is 1.50. The summed E-state index contributed by atoms with van der Waals surface area (Å²) < 4.78 is 1.75. The molecule has 0 spiro atoms. The topological polar surface area (TPSA) is 99.9 Å². The first-order valence-electron chi connectivity index (χ1n) is 15.7. The van der Waals surface area contributed by atoms with E-state index in [-0.39, 0.29) is 35.6 Å². The molecule has 3 heterocycles. The lowest BCUT2D eigenvalue weighted by atomic mass is 9.83. The summed E-state index contributed by atoms with van der Waals surface area (Å²) >= 11 is 0. The Morgan fingerprint density at radius 1 is 1.05 bits per heavy atom. The number of nitrogens with one attached hydrogen (secondary N) is 1. The Labute approximate surface area is 248 Å². The predicted molar refractivity (Wildman–Crippen MR) is 162 cm³/mol. The van der Waals surface area contributed by atoms with Crippen molar-refractivity contribution in [3.8, 4) is 0 Å². The minimum absolute atomic E-state index is 0.00782. The van der Waals surface area contributed by atoms with Crippen molar-refractivity contribution in [3.05, 3.63) is 66.2 Å². The Hall–Kier alpha value is -3.75. The molecule has 224 valence electrons. The van der Waals surface area contributed by atoms with Crippen LogP contribution in [0.15, 0.2) is 55.0 Å². The van der Waals surface area contributed by atoms with Gasteiger partial charge < -0.3 is 15.1 Å². The van der Waals surface area contributed by atoms with Crippen LogP contribution in [0.5, 0.6) is 0 Å². The summed E-state index contributed by atoms with van der Waals surface area (Å²) in [5, 5.41) is 3.17. The van der Waals surface area contributed by atoms with Gasteiger partial charge in [-0.3, -0.25) is 18.8 Å². The minimum Gasteiger partial charge on any atom is -0.344 e. The van der Waals surface area contributed by atoms with Gasteiger partial charge in [-0.25, -0.2) is 9.97 Å². The number of hydrogen-bond donors (Lipinski definition) is 1. The number of likely N-dealkylation sites (tertiary alicyclic amines) is 1. The summed E-state index contributed by atoms with van der Waals surface area (Å²) in [6, 6.07) is 11.3. The Kier molecular flexibility index (Phi) is 9.87. The fourth-order valence-corrected chi connectivity index (χ4v) is 6.36. The second-order valence-electron chi connectivity index (χ2n) is 12.0. The fourth-order valence-electron chi connectivity index (χ4n) is 6.36. The lowest BCUT2D eigenvalue weighted by Crippen LogP contribution is -2.56. The van der Waals surface area contributed by atoms with Crippen LogP contribution in [0.1, 0.15) is 81.3 Å². The molecule has 3 aromatic rings. The third-order valence-corrected chi connectivity index (χ3v) is 9.09. The Bertz CT molecular complexity index is 1320. The first-order valence-corrected chi connectivity index (χ1v) is 15.7. The standard InChI is InChI=1S/C33H44N6O3/c1-3-24(2)30(40)36-29(26-14-8-5-9-15-26)32(42)39-20-10-16-27(39)22-37(21-17-25-12-6-4-7-13-25)31(41)28-23-38-19-11-18-34-33(38)35-28/h4,6-7,11-13,18-19,23-24,26-27,29H,3,5,8-10,14-17,20-22H2,1-2H3,(H,36,40)/t24-,27+,29+/m1/s1. The van der Waals surface area contributed by atoms with Gasteiger partial charge in [0.05, 0.1) is 0 Å². The van der Waals surface area contributed by atoms with Crippen molar-refractivity contribution in [1.29, 1.82) is 0 Å². The molecule has 2 aromatic heterocycles. The molecular weight excluding hydrogens is 528 g/mol. The minimum atomic E-state index is -0.509. The van der Waals surface area contributed by atoms with Gasteiger partial charge in [0.2, 0.25) is 17.6 Å². The molecule has 2 fully saturated rings. The van der Waals surface area contributed by atoms with Gasteiger partial charge in [0.15, 0.2) is 0 Å². The van der Waals surface area contributed by atoms with E-state index in [1.807, 2.05) is 48.0 Å². The van der Waals surface area contributed by atoms with E-state index in [9.17, 15) is 14.4 Å². The zero-order valence-corrected chi connectivity index (χ0v) is 25.0. The molecule has 3 atom stereocenters. The van der Waals surface area contributed by atoms with Crippen LogP contribution in [-0.4, -0.2) is 73.6 Å². The fraction of sp³-hybridized carbons (Fsp3) is 0.545. The largest absolute Gasteiger partial charge is 0.344 e. The molecular formula is C33H44N6O3. The van der Waals surface area contributed by atoms with Gasteiger partial charge in [0.1, 0.15) is 11.7 Å². The second kappa shape index (κ2) is 13.9. The summed E-state index contributed by atoms with van der Waals surface area (Å²) in [5.74, 6) is 0.301.